The minimum Gasteiger partial charge on any atom is -0.507 e. The molecular weight excluding hydrogens is 273 g/mol. The molecule has 1 amide bonds. The number of ether oxygens (including phenoxy) is 1. The smallest absolute Gasteiger partial charge is 0.258 e. The van der Waals surface area contributed by atoms with Gasteiger partial charge in [0.05, 0.1) is 12.7 Å². The molecule has 21 heavy (non-hydrogen) atoms. The minimum atomic E-state index is -0.666. The van der Waals surface area contributed by atoms with Crippen LogP contribution in [-0.4, -0.2) is 18.1 Å². The number of carbonyl (C=O) groups is 1. The lowest BCUT2D eigenvalue weighted by Gasteiger charge is -2.12. The highest BCUT2D eigenvalue weighted by Crippen LogP contribution is 2.28. The van der Waals surface area contributed by atoms with Crippen LogP contribution in [0.1, 0.15) is 21.5 Å². The molecule has 0 heterocycles. The second-order valence-electron chi connectivity index (χ2n) is 4.70. The minimum absolute atomic E-state index is 0.0877. The van der Waals surface area contributed by atoms with Crippen LogP contribution < -0.4 is 10.1 Å². The lowest BCUT2D eigenvalue weighted by molar-refractivity contribution is 0.102. The Morgan fingerprint density at radius 2 is 1.95 bits per heavy atom. The van der Waals surface area contributed by atoms with Crippen LogP contribution >= 0.6 is 0 Å². The molecule has 2 aromatic carbocycles. The number of nitrogens with one attached hydrogen (secondary N) is 1. The highest BCUT2D eigenvalue weighted by atomic mass is 19.1. The van der Waals surface area contributed by atoms with Gasteiger partial charge >= 0.3 is 0 Å². The standard InChI is InChI=1S/C16H16FNO3/c1-9-4-7-14(10(2)15(9)19)18-16(20)12-6-5-11(21-3)8-13(12)17/h4-8,19H,1-3H3,(H,18,20). The molecule has 2 N–H and O–H groups in total. The molecule has 0 unspecified atom stereocenters. The Morgan fingerprint density at radius 3 is 2.57 bits per heavy atom. The fourth-order valence-electron chi connectivity index (χ4n) is 1.97. The Labute approximate surface area is 122 Å². The summed E-state index contributed by atoms with van der Waals surface area (Å²) in [5.41, 5.74) is 1.60. The summed E-state index contributed by atoms with van der Waals surface area (Å²) in [7, 11) is 1.42. The van der Waals surface area contributed by atoms with Crippen LogP contribution in [-0.2, 0) is 0 Å². The van der Waals surface area contributed by atoms with Crippen molar-refractivity contribution < 1.29 is 19.0 Å². The van der Waals surface area contributed by atoms with E-state index in [4.69, 9.17) is 4.74 Å². The molecule has 0 bridgehead atoms. The van der Waals surface area contributed by atoms with Gasteiger partial charge in [-0.3, -0.25) is 4.79 Å². The number of phenolic OH excluding ortho intramolecular Hbond substituents is 1. The number of hydrogen-bond donors (Lipinski definition) is 2. The summed E-state index contributed by atoms with van der Waals surface area (Å²) in [6, 6.07) is 7.37. The second kappa shape index (κ2) is 5.83. The molecule has 0 saturated heterocycles. The number of hydrogen-bond acceptors (Lipinski definition) is 3. The van der Waals surface area contributed by atoms with Gasteiger partial charge in [-0.25, -0.2) is 4.39 Å². The molecule has 0 atom stereocenters. The van der Waals surface area contributed by atoms with Crippen molar-refractivity contribution in [2.24, 2.45) is 0 Å². The number of anilines is 1. The van der Waals surface area contributed by atoms with Crippen LogP contribution in [0.5, 0.6) is 11.5 Å². The number of aryl methyl sites for hydroxylation is 1. The molecule has 110 valence electrons. The number of carbonyl (C=O) groups excluding carboxylic acids is 1. The van der Waals surface area contributed by atoms with Gasteiger partial charge in [-0.1, -0.05) is 6.07 Å². The molecule has 0 aliphatic heterocycles. The fraction of sp³-hybridized carbons (Fsp3) is 0.188. The van der Waals surface area contributed by atoms with Crippen molar-refractivity contribution in [3.8, 4) is 11.5 Å². The number of rotatable bonds is 3. The van der Waals surface area contributed by atoms with Gasteiger partial charge in [0.15, 0.2) is 0 Å². The number of methoxy groups -OCH3 is 1. The van der Waals surface area contributed by atoms with Crippen molar-refractivity contribution in [3.63, 3.8) is 0 Å². The van der Waals surface area contributed by atoms with E-state index in [1.165, 1.54) is 19.2 Å². The van der Waals surface area contributed by atoms with Gasteiger partial charge in [-0.05, 0) is 37.6 Å². The average Bonchev–Trinajstić information content (AvgIpc) is 2.47. The zero-order chi connectivity index (χ0) is 15.6. The van der Waals surface area contributed by atoms with Gasteiger partial charge in [-0.2, -0.15) is 0 Å². The van der Waals surface area contributed by atoms with Crippen LogP contribution in [0.4, 0.5) is 10.1 Å². The van der Waals surface area contributed by atoms with Gasteiger partial charge in [0.2, 0.25) is 0 Å². The first-order chi connectivity index (χ1) is 9.93. The van der Waals surface area contributed by atoms with Crippen LogP contribution in [0.3, 0.4) is 0 Å². The molecule has 0 saturated carbocycles. The molecular formula is C16H16FNO3. The Bertz CT molecular complexity index is 698. The molecule has 4 nitrogen and oxygen atoms in total. The Morgan fingerprint density at radius 1 is 1.24 bits per heavy atom. The lowest BCUT2D eigenvalue weighted by atomic mass is 10.1. The monoisotopic (exact) mass is 289 g/mol. The lowest BCUT2D eigenvalue weighted by Crippen LogP contribution is -2.14. The van der Waals surface area contributed by atoms with Crippen molar-refractivity contribution in [3.05, 3.63) is 52.8 Å². The summed E-state index contributed by atoms with van der Waals surface area (Å²) in [6.45, 7) is 3.44. The largest absolute Gasteiger partial charge is 0.507 e. The van der Waals surface area contributed by atoms with Gasteiger partial charge in [0, 0.05) is 17.3 Å². The predicted octanol–water partition coefficient (Wildman–Crippen LogP) is 3.41. The quantitative estimate of drug-likeness (QED) is 0.910. The van der Waals surface area contributed by atoms with Crippen LogP contribution in [0, 0.1) is 19.7 Å². The topological polar surface area (TPSA) is 58.6 Å². The highest BCUT2D eigenvalue weighted by Gasteiger charge is 2.15. The van der Waals surface area contributed by atoms with E-state index >= 15 is 0 Å². The summed E-state index contributed by atoms with van der Waals surface area (Å²) in [4.78, 5) is 12.1. The van der Waals surface area contributed by atoms with Gasteiger partial charge in [0.1, 0.15) is 17.3 Å². The summed E-state index contributed by atoms with van der Waals surface area (Å²) >= 11 is 0. The zero-order valence-electron chi connectivity index (χ0n) is 12.0. The first kappa shape index (κ1) is 14.8. The molecule has 5 heteroatoms. The Hall–Kier alpha value is -2.56. The van der Waals surface area contributed by atoms with Crippen molar-refractivity contribution in [2.45, 2.75) is 13.8 Å². The van der Waals surface area contributed by atoms with Crippen molar-refractivity contribution in [1.29, 1.82) is 0 Å². The van der Waals surface area contributed by atoms with E-state index in [0.717, 1.165) is 6.07 Å². The summed E-state index contributed by atoms with van der Waals surface area (Å²) < 4.78 is 18.7. The van der Waals surface area contributed by atoms with Gasteiger partial charge in [-0.15, -0.1) is 0 Å². The zero-order valence-corrected chi connectivity index (χ0v) is 12.0. The first-order valence-corrected chi connectivity index (χ1v) is 6.38. The van der Waals surface area contributed by atoms with E-state index < -0.39 is 11.7 Å². The Kier molecular flexibility index (Phi) is 4.12. The molecule has 0 radical (unpaired) electrons. The van der Waals surface area contributed by atoms with Crippen molar-refractivity contribution in [1.82, 2.24) is 0 Å². The van der Waals surface area contributed by atoms with E-state index in [0.29, 0.717) is 22.6 Å². The van der Waals surface area contributed by atoms with E-state index in [1.807, 2.05) is 0 Å². The third kappa shape index (κ3) is 2.97. The maximum Gasteiger partial charge on any atom is 0.258 e. The summed E-state index contributed by atoms with van der Waals surface area (Å²) in [6.07, 6.45) is 0. The van der Waals surface area contributed by atoms with E-state index in [2.05, 4.69) is 5.32 Å². The number of aromatic hydroxyl groups is 1. The summed E-state index contributed by atoms with van der Waals surface area (Å²) in [5, 5.41) is 12.4. The summed E-state index contributed by atoms with van der Waals surface area (Å²) in [5.74, 6) is -0.793. The van der Waals surface area contributed by atoms with E-state index in [9.17, 15) is 14.3 Å². The van der Waals surface area contributed by atoms with Gasteiger partial charge < -0.3 is 15.2 Å². The normalized spacial score (nSPS) is 10.3. The van der Waals surface area contributed by atoms with E-state index in [-0.39, 0.29) is 11.3 Å². The van der Waals surface area contributed by atoms with Crippen molar-refractivity contribution >= 4 is 11.6 Å². The second-order valence-corrected chi connectivity index (χ2v) is 4.70. The number of phenols is 1. The molecule has 2 aromatic rings. The maximum absolute atomic E-state index is 13.8. The number of benzene rings is 2. The maximum atomic E-state index is 13.8. The number of halogens is 1. The van der Waals surface area contributed by atoms with Crippen molar-refractivity contribution in [2.75, 3.05) is 12.4 Å². The van der Waals surface area contributed by atoms with Crippen LogP contribution in [0.15, 0.2) is 30.3 Å². The molecule has 0 spiro atoms. The first-order valence-electron chi connectivity index (χ1n) is 6.38. The third-order valence-electron chi connectivity index (χ3n) is 3.30. The molecule has 0 aliphatic carbocycles. The highest BCUT2D eigenvalue weighted by molar-refractivity contribution is 6.05. The average molecular weight is 289 g/mol. The predicted molar refractivity (Wildman–Crippen MR) is 78.5 cm³/mol. The SMILES string of the molecule is COc1ccc(C(=O)Nc2ccc(C)c(O)c2C)c(F)c1. The molecule has 0 aromatic heterocycles. The van der Waals surface area contributed by atoms with Gasteiger partial charge in [0.25, 0.3) is 5.91 Å². The Balaban J connectivity index is 2.28. The number of amides is 1. The molecule has 0 aliphatic rings. The molecule has 2 rings (SSSR count). The van der Waals surface area contributed by atoms with Crippen LogP contribution in [0.2, 0.25) is 0 Å². The fourth-order valence-corrected chi connectivity index (χ4v) is 1.97. The van der Waals surface area contributed by atoms with E-state index in [1.54, 1.807) is 26.0 Å². The third-order valence-corrected chi connectivity index (χ3v) is 3.30. The van der Waals surface area contributed by atoms with Crippen LogP contribution in [0.25, 0.3) is 0 Å². The molecule has 0 fully saturated rings.